The molecule has 1 aromatic rings. The number of rotatable bonds is 2. The summed E-state index contributed by atoms with van der Waals surface area (Å²) >= 11 is 0. The van der Waals surface area contributed by atoms with E-state index in [2.05, 4.69) is 4.98 Å². The summed E-state index contributed by atoms with van der Waals surface area (Å²) in [5.41, 5.74) is 2.15. The fourth-order valence-electron chi connectivity index (χ4n) is 4.26. The average Bonchev–Trinajstić information content (AvgIpc) is 3.07. The van der Waals surface area contributed by atoms with Gasteiger partial charge in [-0.1, -0.05) is 6.42 Å². The van der Waals surface area contributed by atoms with Crippen molar-refractivity contribution in [2.75, 3.05) is 19.8 Å². The summed E-state index contributed by atoms with van der Waals surface area (Å²) in [6, 6.07) is 1.74. The molecule has 1 aliphatic carbocycles. The highest BCUT2D eigenvalue weighted by atomic mass is 16.7. The molecule has 0 unspecified atom stereocenters. The van der Waals surface area contributed by atoms with Crippen molar-refractivity contribution in [2.24, 2.45) is 0 Å². The Morgan fingerprint density at radius 2 is 1.88 bits per heavy atom. The molecule has 0 saturated carbocycles. The van der Waals surface area contributed by atoms with E-state index in [1.165, 1.54) is 6.42 Å². The van der Waals surface area contributed by atoms with Gasteiger partial charge in [0, 0.05) is 12.2 Å². The van der Waals surface area contributed by atoms with Crippen molar-refractivity contribution in [2.45, 2.75) is 63.7 Å². The topological polar surface area (TPSA) is 71.6 Å². The van der Waals surface area contributed by atoms with Gasteiger partial charge in [-0.05, 0) is 56.6 Å². The number of fused-ring (bicyclic) bond motifs is 1. The first-order chi connectivity index (χ1) is 12.2. The predicted octanol–water partition coefficient (Wildman–Crippen LogP) is 2.01. The molecular formula is C19H26N2O4. The van der Waals surface area contributed by atoms with Gasteiger partial charge < -0.3 is 19.4 Å². The van der Waals surface area contributed by atoms with Gasteiger partial charge >= 0.3 is 0 Å². The Bertz CT molecular complexity index is 693. The van der Waals surface area contributed by atoms with E-state index in [0.717, 1.165) is 56.2 Å². The number of piperidine rings is 1. The lowest BCUT2D eigenvalue weighted by Crippen LogP contribution is -2.51. The minimum atomic E-state index is -0.357. The van der Waals surface area contributed by atoms with Gasteiger partial charge in [0.2, 0.25) is 0 Å². The number of pyridine rings is 1. The van der Waals surface area contributed by atoms with Gasteiger partial charge in [0.15, 0.2) is 6.29 Å². The molecule has 6 nitrogen and oxygen atoms in total. The third kappa shape index (κ3) is 3.37. The minimum Gasteiger partial charge on any atom is -0.348 e. The second kappa shape index (κ2) is 7.30. The molecule has 2 saturated heterocycles. The Hall–Kier alpha value is -1.66. The Morgan fingerprint density at radius 1 is 1.08 bits per heavy atom. The van der Waals surface area contributed by atoms with Crippen molar-refractivity contribution >= 4 is 5.91 Å². The van der Waals surface area contributed by atoms with Crippen LogP contribution in [0.2, 0.25) is 0 Å². The van der Waals surface area contributed by atoms with Crippen molar-refractivity contribution < 1.29 is 14.3 Å². The van der Waals surface area contributed by atoms with E-state index in [-0.39, 0.29) is 29.4 Å². The zero-order valence-corrected chi connectivity index (χ0v) is 14.6. The molecule has 0 aromatic carbocycles. The highest BCUT2D eigenvalue weighted by Crippen LogP contribution is 2.26. The van der Waals surface area contributed by atoms with Crippen LogP contribution in [0.5, 0.6) is 0 Å². The largest absolute Gasteiger partial charge is 0.348 e. The maximum Gasteiger partial charge on any atom is 0.261 e. The molecule has 0 bridgehead atoms. The molecule has 1 aromatic heterocycles. The van der Waals surface area contributed by atoms with E-state index in [9.17, 15) is 9.59 Å². The number of aromatic amines is 1. The van der Waals surface area contributed by atoms with Gasteiger partial charge in [-0.2, -0.15) is 0 Å². The molecule has 2 fully saturated rings. The molecule has 3 heterocycles. The molecule has 3 aliphatic rings. The first-order valence-electron chi connectivity index (χ1n) is 9.53. The Morgan fingerprint density at radius 3 is 2.72 bits per heavy atom. The minimum absolute atomic E-state index is 0.0954. The zero-order chi connectivity index (χ0) is 17.2. The summed E-state index contributed by atoms with van der Waals surface area (Å²) in [6.07, 6.45) is 7.73. The van der Waals surface area contributed by atoms with Crippen LogP contribution in [-0.2, 0) is 22.3 Å². The summed E-state index contributed by atoms with van der Waals surface area (Å²) in [7, 11) is 0. The molecule has 4 rings (SSSR count). The van der Waals surface area contributed by atoms with Crippen LogP contribution in [-0.4, -0.2) is 47.9 Å². The molecule has 25 heavy (non-hydrogen) atoms. The Kier molecular flexibility index (Phi) is 4.90. The second-order valence-electron chi connectivity index (χ2n) is 7.25. The van der Waals surface area contributed by atoms with Crippen LogP contribution in [0.3, 0.4) is 0 Å². The van der Waals surface area contributed by atoms with E-state index < -0.39 is 0 Å². The molecular weight excluding hydrogens is 320 g/mol. The number of likely N-dealkylation sites (tertiary alicyclic amines) is 1. The molecule has 2 aliphatic heterocycles. The molecule has 1 N–H and O–H groups in total. The van der Waals surface area contributed by atoms with Gasteiger partial charge in [-0.25, -0.2) is 0 Å². The van der Waals surface area contributed by atoms with E-state index in [4.69, 9.17) is 9.47 Å². The smallest absolute Gasteiger partial charge is 0.261 e. The van der Waals surface area contributed by atoms with E-state index in [0.29, 0.717) is 19.8 Å². The van der Waals surface area contributed by atoms with Crippen molar-refractivity contribution in [1.82, 2.24) is 9.88 Å². The monoisotopic (exact) mass is 346 g/mol. The number of hydrogen-bond donors (Lipinski definition) is 1. The van der Waals surface area contributed by atoms with Gasteiger partial charge in [0.1, 0.15) is 5.56 Å². The maximum atomic E-state index is 13.2. The van der Waals surface area contributed by atoms with Crippen LogP contribution in [0.15, 0.2) is 10.9 Å². The number of H-pyrrole nitrogens is 1. The van der Waals surface area contributed by atoms with Crippen LogP contribution >= 0.6 is 0 Å². The summed E-state index contributed by atoms with van der Waals surface area (Å²) in [5.74, 6) is -0.183. The fourth-order valence-corrected chi connectivity index (χ4v) is 4.26. The number of aryl methyl sites for hydroxylation is 2. The number of aromatic nitrogens is 1. The summed E-state index contributed by atoms with van der Waals surface area (Å²) in [5, 5.41) is 0. The van der Waals surface area contributed by atoms with Gasteiger partial charge in [-0.15, -0.1) is 0 Å². The van der Waals surface area contributed by atoms with Crippen molar-refractivity contribution in [1.29, 1.82) is 0 Å². The number of nitrogens with one attached hydrogen (secondary N) is 1. The molecule has 0 radical (unpaired) electrons. The Labute approximate surface area is 147 Å². The molecule has 0 spiro atoms. The second-order valence-corrected chi connectivity index (χ2v) is 7.25. The SMILES string of the molecule is O=C(c1cc2c([nH]c1=O)CCCCC2)N1CCCC[C@@H]1C1OCCO1. The van der Waals surface area contributed by atoms with Crippen LogP contribution in [0.25, 0.3) is 0 Å². The predicted molar refractivity (Wildman–Crippen MR) is 92.7 cm³/mol. The number of ether oxygens (including phenoxy) is 2. The maximum absolute atomic E-state index is 13.2. The molecule has 1 atom stereocenters. The highest BCUT2D eigenvalue weighted by Gasteiger charge is 2.37. The molecule has 1 amide bonds. The molecule has 6 heteroatoms. The average molecular weight is 346 g/mol. The first-order valence-corrected chi connectivity index (χ1v) is 9.53. The number of carbonyl (C=O) groups excluding carboxylic acids is 1. The zero-order valence-electron chi connectivity index (χ0n) is 14.6. The van der Waals surface area contributed by atoms with Gasteiger partial charge in [0.05, 0.1) is 19.3 Å². The van der Waals surface area contributed by atoms with Crippen molar-refractivity contribution in [3.05, 3.63) is 33.2 Å². The lowest BCUT2D eigenvalue weighted by molar-refractivity contribution is -0.100. The van der Waals surface area contributed by atoms with Crippen LogP contribution in [0.1, 0.15) is 60.1 Å². The Balaban J connectivity index is 1.62. The van der Waals surface area contributed by atoms with Gasteiger partial charge in [-0.3, -0.25) is 9.59 Å². The fraction of sp³-hybridized carbons (Fsp3) is 0.684. The lowest BCUT2D eigenvalue weighted by Gasteiger charge is -2.37. The summed E-state index contributed by atoms with van der Waals surface area (Å²) in [4.78, 5) is 30.5. The van der Waals surface area contributed by atoms with Gasteiger partial charge in [0.25, 0.3) is 11.5 Å². The quantitative estimate of drug-likeness (QED) is 0.832. The van der Waals surface area contributed by atoms with Crippen LogP contribution in [0.4, 0.5) is 0 Å². The summed E-state index contributed by atoms with van der Waals surface area (Å²) < 4.78 is 11.3. The lowest BCUT2D eigenvalue weighted by atomic mass is 9.99. The summed E-state index contributed by atoms with van der Waals surface area (Å²) in [6.45, 7) is 1.80. The highest BCUT2D eigenvalue weighted by molar-refractivity contribution is 5.94. The third-order valence-corrected chi connectivity index (χ3v) is 5.59. The van der Waals surface area contributed by atoms with E-state index in [1.807, 2.05) is 6.07 Å². The standard InChI is InChI=1S/C19H26N2O4/c22-17-14(12-13-6-2-1-3-7-15(13)20-17)18(23)21-9-5-4-8-16(21)19-24-10-11-25-19/h12,16,19H,1-11H2,(H,20,22)/t16-/m1/s1. The number of nitrogens with zero attached hydrogens (tertiary/aromatic N) is 1. The van der Waals surface area contributed by atoms with Crippen LogP contribution in [0, 0.1) is 0 Å². The number of carbonyl (C=O) groups is 1. The van der Waals surface area contributed by atoms with Crippen molar-refractivity contribution in [3.8, 4) is 0 Å². The van der Waals surface area contributed by atoms with E-state index in [1.54, 1.807) is 4.90 Å². The first kappa shape index (κ1) is 16.8. The van der Waals surface area contributed by atoms with Crippen molar-refractivity contribution in [3.63, 3.8) is 0 Å². The number of hydrogen-bond acceptors (Lipinski definition) is 4. The number of amides is 1. The molecule has 136 valence electrons. The van der Waals surface area contributed by atoms with Crippen LogP contribution < -0.4 is 5.56 Å². The van der Waals surface area contributed by atoms with E-state index >= 15 is 0 Å². The third-order valence-electron chi connectivity index (χ3n) is 5.59. The normalized spacial score (nSPS) is 24.8.